The molecule has 1 rings (SSSR count). The van der Waals surface area contributed by atoms with Crippen molar-refractivity contribution in [3.8, 4) is 5.75 Å². The van der Waals surface area contributed by atoms with Crippen molar-refractivity contribution in [2.24, 2.45) is 0 Å². The Bertz CT molecular complexity index is 503. The molecule has 1 aromatic carbocycles. The van der Waals surface area contributed by atoms with E-state index in [1.54, 1.807) is 30.3 Å². The first-order valence-corrected chi connectivity index (χ1v) is 7.48. The van der Waals surface area contributed by atoms with E-state index < -0.39 is 37.3 Å². The van der Waals surface area contributed by atoms with Crippen molar-refractivity contribution in [1.29, 1.82) is 0 Å². The summed E-state index contributed by atoms with van der Waals surface area (Å²) < 4.78 is 14.6. The minimum atomic E-state index is -4.69. The van der Waals surface area contributed by atoms with Gasteiger partial charge < -0.3 is 29.5 Å². The second kappa shape index (κ2) is 6.34. The van der Waals surface area contributed by atoms with Crippen LogP contribution in [0.3, 0.4) is 0 Å². The van der Waals surface area contributed by atoms with Crippen molar-refractivity contribution >= 4 is 13.6 Å². The highest BCUT2D eigenvalue weighted by atomic mass is 31.2. The lowest BCUT2D eigenvalue weighted by molar-refractivity contribution is -0.905. The predicted molar refractivity (Wildman–Crippen MR) is 69.6 cm³/mol. The van der Waals surface area contributed by atoms with Gasteiger partial charge in [0.2, 0.25) is 6.23 Å². The summed E-state index contributed by atoms with van der Waals surface area (Å²) in [5.74, 6) is -1.15. The summed E-state index contributed by atoms with van der Waals surface area (Å²) in [6.07, 6.45) is -2.44. The molecule has 0 aliphatic carbocycles. The van der Waals surface area contributed by atoms with E-state index in [9.17, 15) is 14.6 Å². The molecule has 2 unspecified atom stereocenters. The molecule has 0 aliphatic rings. The number of hydrogen-bond acceptors (Lipinski definition) is 4. The number of hydrogen-bond donors (Lipinski definition) is 3. The van der Waals surface area contributed by atoms with Crippen LogP contribution in [-0.2, 0) is 9.36 Å². The number of aliphatic carboxylic acids is 1. The first-order valence-electron chi connectivity index (χ1n) is 5.68. The summed E-state index contributed by atoms with van der Waals surface area (Å²) in [6, 6.07) is 8.14. The van der Waals surface area contributed by atoms with Gasteiger partial charge in [0.1, 0.15) is 5.75 Å². The molecule has 112 valence electrons. The van der Waals surface area contributed by atoms with E-state index in [-0.39, 0.29) is 0 Å². The zero-order valence-corrected chi connectivity index (χ0v) is 11.6. The maximum absolute atomic E-state index is 12.4. The lowest BCUT2D eigenvalue weighted by atomic mass is 10.3. The molecule has 0 amide bonds. The van der Waals surface area contributed by atoms with Gasteiger partial charge in [0, 0.05) is 6.92 Å². The molecule has 2 atom stereocenters. The van der Waals surface area contributed by atoms with Crippen LogP contribution in [0.25, 0.3) is 0 Å². The van der Waals surface area contributed by atoms with E-state index in [2.05, 4.69) is 0 Å². The number of benzene rings is 1. The van der Waals surface area contributed by atoms with E-state index in [0.717, 1.165) is 0 Å². The lowest BCUT2D eigenvalue weighted by Crippen LogP contribution is -2.55. The highest BCUT2D eigenvalue weighted by Gasteiger charge is 2.36. The number of ether oxygens (including phenoxy) is 1. The van der Waals surface area contributed by atoms with Crippen molar-refractivity contribution in [2.45, 2.75) is 13.2 Å². The molecule has 0 bridgehead atoms. The van der Waals surface area contributed by atoms with Crippen molar-refractivity contribution in [3.05, 3.63) is 35.5 Å². The number of carboxylic acid groups (broad SMARTS) is 1. The van der Waals surface area contributed by atoms with Crippen molar-refractivity contribution in [1.82, 2.24) is 0 Å². The van der Waals surface area contributed by atoms with Crippen LogP contribution in [-0.4, -0.2) is 44.6 Å². The molecule has 9 heteroatoms. The van der Waals surface area contributed by atoms with Crippen molar-refractivity contribution in [2.75, 3.05) is 12.8 Å². The molecule has 0 radical (unpaired) electrons. The quantitative estimate of drug-likeness (QED) is 0.296. The fraction of sp³-hybridized carbons (Fsp3) is 0.364. The van der Waals surface area contributed by atoms with Crippen LogP contribution in [0.5, 0.6) is 5.75 Å². The largest absolute Gasteiger partial charge is 0.629 e. The molecule has 0 saturated heterocycles. The smallest absolute Gasteiger partial charge is 0.379 e. The van der Waals surface area contributed by atoms with Gasteiger partial charge in [0.25, 0.3) is 0 Å². The topological polar surface area (TPSA) is 127 Å². The van der Waals surface area contributed by atoms with Gasteiger partial charge in [0.15, 0.2) is 12.8 Å². The zero-order valence-electron chi connectivity index (χ0n) is 10.7. The Morgan fingerprint density at radius 3 is 2.40 bits per heavy atom. The average Bonchev–Trinajstić information content (AvgIpc) is 2.26. The van der Waals surface area contributed by atoms with Gasteiger partial charge in [0.05, 0.1) is 0 Å². The summed E-state index contributed by atoms with van der Waals surface area (Å²) in [7, 11) is -4.69. The Morgan fingerprint density at radius 1 is 1.40 bits per heavy atom. The highest BCUT2D eigenvalue weighted by Crippen LogP contribution is 2.39. The fourth-order valence-electron chi connectivity index (χ4n) is 1.63. The molecule has 0 aliphatic heterocycles. The number of carboxylic acids is 1. The molecule has 0 aromatic heterocycles. The van der Waals surface area contributed by atoms with E-state index in [0.29, 0.717) is 5.75 Å². The molecule has 20 heavy (non-hydrogen) atoms. The van der Waals surface area contributed by atoms with Gasteiger partial charge in [-0.25, -0.2) is 4.79 Å². The average molecular weight is 305 g/mol. The standard InChI is InChI=1S/C11H16NO7P/c1-9(19-10-5-3-2-4-6-10)12(15,7-11(13)14)8-20(16,17)18/h2-6,9H,7-8H2,1H3,(H,13,14)(H2,16,17,18). The van der Waals surface area contributed by atoms with Crippen LogP contribution < -0.4 is 4.74 Å². The molecule has 0 heterocycles. The van der Waals surface area contributed by atoms with Gasteiger partial charge in [-0.2, -0.15) is 0 Å². The Morgan fingerprint density at radius 2 is 1.95 bits per heavy atom. The SMILES string of the molecule is CC(Oc1ccccc1)[N+]([O-])(CC(=O)O)CP(=O)(O)O. The Hall–Kier alpha value is -1.44. The van der Waals surface area contributed by atoms with Crippen molar-refractivity contribution < 1.29 is 33.6 Å². The number of carbonyl (C=O) groups is 1. The molecule has 0 saturated carbocycles. The third-order valence-electron chi connectivity index (χ3n) is 2.54. The molecule has 0 fully saturated rings. The molecule has 8 nitrogen and oxygen atoms in total. The molecule has 3 N–H and O–H groups in total. The zero-order chi connectivity index (χ0) is 15.4. The Balaban J connectivity index is 2.92. The van der Waals surface area contributed by atoms with Gasteiger partial charge in [-0.05, 0) is 12.1 Å². The van der Waals surface area contributed by atoms with Crippen LogP contribution >= 0.6 is 7.60 Å². The number of para-hydroxylation sites is 1. The first kappa shape index (κ1) is 16.6. The van der Waals surface area contributed by atoms with Gasteiger partial charge in [-0.1, -0.05) is 18.2 Å². The summed E-state index contributed by atoms with van der Waals surface area (Å²) in [5, 5.41) is 21.1. The summed E-state index contributed by atoms with van der Waals surface area (Å²) in [6.45, 7) is 0.276. The van der Waals surface area contributed by atoms with Crippen molar-refractivity contribution in [3.63, 3.8) is 0 Å². The first-order chi connectivity index (χ1) is 9.12. The maximum Gasteiger partial charge on any atom is 0.379 e. The molecule has 1 aromatic rings. The predicted octanol–water partition coefficient (Wildman–Crippen LogP) is 0.946. The van der Waals surface area contributed by atoms with E-state index >= 15 is 0 Å². The van der Waals surface area contributed by atoms with Crippen LogP contribution in [0.15, 0.2) is 30.3 Å². The van der Waals surface area contributed by atoms with E-state index in [1.165, 1.54) is 6.92 Å². The molecular weight excluding hydrogens is 289 g/mol. The van der Waals surface area contributed by atoms with Gasteiger partial charge >= 0.3 is 13.6 Å². The maximum atomic E-state index is 12.4. The summed E-state index contributed by atoms with van der Waals surface area (Å²) in [4.78, 5) is 28.6. The normalized spacial score (nSPS) is 16.2. The molecule has 0 spiro atoms. The van der Waals surface area contributed by atoms with Gasteiger partial charge in [-0.3, -0.25) is 4.57 Å². The number of rotatable bonds is 7. The summed E-state index contributed by atoms with van der Waals surface area (Å²) in [5.41, 5.74) is 0. The Kier molecular flexibility index (Phi) is 5.27. The second-order valence-electron chi connectivity index (χ2n) is 4.34. The lowest BCUT2D eigenvalue weighted by Gasteiger charge is -2.44. The third-order valence-corrected chi connectivity index (χ3v) is 3.39. The van der Waals surface area contributed by atoms with Crippen LogP contribution in [0.4, 0.5) is 0 Å². The summed E-state index contributed by atoms with van der Waals surface area (Å²) >= 11 is 0. The van der Waals surface area contributed by atoms with Gasteiger partial charge in [-0.15, -0.1) is 0 Å². The minimum absolute atomic E-state index is 0.314. The second-order valence-corrected chi connectivity index (χ2v) is 5.95. The third kappa shape index (κ3) is 5.28. The van der Waals surface area contributed by atoms with Crippen LogP contribution in [0.2, 0.25) is 0 Å². The van der Waals surface area contributed by atoms with E-state index in [1.807, 2.05) is 0 Å². The minimum Gasteiger partial charge on any atom is -0.629 e. The van der Waals surface area contributed by atoms with E-state index in [4.69, 9.17) is 19.6 Å². The van der Waals surface area contributed by atoms with Crippen LogP contribution in [0, 0.1) is 5.21 Å². The number of hydroxylamine groups is 3. The monoisotopic (exact) mass is 305 g/mol. The highest BCUT2D eigenvalue weighted by molar-refractivity contribution is 7.51. The number of quaternary nitrogens is 1. The number of nitrogens with zero attached hydrogens (tertiary/aromatic N) is 1. The molecular formula is C11H16NO7P. The Labute approximate surface area is 115 Å². The van der Waals surface area contributed by atoms with Crippen LogP contribution in [0.1, 0.15) is 6.92 Å². The fourth-order valence-corrected chi connectivity index (χ4v) is 2.58.